The fourth-order valence-electron chi connectivity index (χ4n) is 4.25. The standard InChI is InChI=1S/C28H25N5OS/c29-18-20-12-14-21(15-13-20)19-35-25-10-4-3-9-24(25)28(34)30-23-8-6-7-22(17-23)27-32-31-26-11-2-1-5-16-33(26)27/h3-4,6-10,12-15,17H,1-2,5,11,16,19H2,(H,30,34). The highest BCUT2D eigenvalue weighted by Gasteiger charge is 2.17. The van der Waals surface area contributed by atoms with E-state index in [1.807, 2.05) is 72.8 Å². The number of nitrogens with zero attached hydrogens (tertiary/aromatic N) is 4. The Morgan fingerprint density at radius 3 is 2.71 bits per heavy atom. The van der Waals surface area contributed by atoms with Gasteiger partial charge in [0.1, 0.15) is 5.82 Å². The van der Waals surface area contributed by atoms with Gasteiger partial charge >= 0.3 is 0 Å². The van der Waals surface area contributed by atoms with Crippen molar-refractivity contribution in [2.24, 2.45) is 0 Å². The van der Waals surface area contributed by atoms with Gasteiger partial charge in [-0.25, -0.2) is 0 Å². The minimum atomic E-state index is -0.148. The number of carbonyl (C=O) groups is 1. The first-order valence-electron chi connectivity index (χ1n) is 11.8. The Labute approximate surface area is 209 Å². The maximum atomic E-state index is 13.2. The third kappa shape index (κ3) is 5.28. The van der Waals surface area contributed by atoms with E-state index >= 15 is 0 Å². The molecule has 7 heteroatoms. The average Bonchev–Trinajstić information content (AvgIpc) is 3.16. The second-order valence-corrected chi connectivity index (χ2v) is 9.55. The summed E-state index contributed by atoms with van der Waals surface area (Å²) in [4.78, 5) is 14.1. The molecule has 0 atom stereocenters. The lowest BCUT2D eigenvalue weighted by molar-refractivity contribution is 0.102. The highest BCUT2D eigenvalue weighted by Crippen LogP contribution is 2.28. The van der Waals surface area contributed by atoms with E-state index in [2.05, 4.69) is 26.2 Å². The van der Waals surface area contributed by atoms with Crippen LogP contribution in [0, 0.1) is 11.3 Å². The molecule has 5 rings (SSSR count). The summed E-state index contributed by atoms with van der Waals surface area (Å²) in [6.07, 6.45) is 4.45. The zero-order valence-corrected chi connectivity index (χ0v) is 20.1. The molecule has 1 amide bonds. The number of nitrogens with one attached hydrogen (secondary N) is 1. The first-order chi connectivity index (χ1) is 17.2. The summed E-state index contributed by atoms with van der Waals surface area (Å²) in [5.41, 5.74) is 4.05. The van der Waals surface area contributed by atoms with Gasteiger partial charge < -0.3 is 9.88 Å². The molecule has 0 saturated heterocycles. The fourth-order valence-corrected chi connectivity index (χ4v) is 5.26. The Morgan fingerprint density at radius 2 is 1.86 bits per heavy atom. The van der Waals surface area contributed by atoms with Crippen LogP contribution in [0.25, 0.3) is 11.4 Å². The Balaban J connectivity index is 1.32. The van der Waals surface area contributed by atoms with E-state index < -0.39 is 0 Å². The molecular weight excluding hydrogens is 454 g/mol. The van der Waals surface area contributed by atoms with Crippen molar-refractivity contribution in [3.05, 3.63) is 95.3 Å². The number of nitriles is 1. The van der Waals surface area contributed by atoms with Crippen molar-refractivity contribution < 1.29 is 4.79 Å². The van der Waals surface area contributed by atoms with Gasteiger partial charge in [-0.1, -0.05) is 42.8 Å². The molecule has 3 aromatic carbocycles. The molecule has 4 aromatic rings. The Hall–Kier alpha value is -3.89. The highest BCUT2D eigenvalue weighted by atomic mass is 32.2. The SMILES string of the molecule is N#Cc1ccc(CSc2ccccc2C(=O)Nc2cccc(-c3nnc4n3CCCCC4)c2)cc1. The Morgan fingerprint density at radius 1 is 1.00 bits per heavy atom. The number of amides is 1. The van der Waals surface area contributed by atoms with Crippen LogP contribution in [-0.2, 0) is 18.7 Å². The van der Waals surface area contributed by atoms with Gasteiger partial charge in [0, 0.05) is 34.9 Å². The predicted octanol–water partition coefficient (Wildman–Crippen LogP) is 6.09. The molecule has 0 unspecified atom stereocenters. The van der Waals surface area contributed by atoms with Crippen LogP contribution in [0.5, 0.6) is 0 Å². The molecule has 1 aromatic heterocycles. The molecule has 1 aliphatic rings. The van der Waals surface area contributed by atoms with Gasteiger partial charge in [0.15, 0.2) is 5.82 Å². The lowest BCUT2D eigenvalue weighted by Gasteiger charge is -2.12. The first-order valence-corrected chi connectivity index (χ1v) is 12.7. The van der Waals surface area contributed by atoms with Crippen LogP contribution in [0.4, 0.5) is 5.69 Å². The molecule has 174 valence electrons. The second kappa shape index (κ2) is 10.6. The zero-order valence-electron chi connectivity index (χ0n) is 19.3. The van der Waals surface area contributed by atoms with Crippen molar-refractivity contribution in [1.82, 2.24) is 14.8 Å². The van der Waals surface area contributed by atoms with Crippen molar-refractivity contribution in [2.45, 2.75) is 42.9 Å². The quantitative estimate of drug-likeness (QED) is 0.339. The van der Waals surface area contributed by atoms with E-state index in [1.165, 1.54) is 6.42 Å². The van der Waals surface area contributed by atoms with Crippen LogP contribution < -0.4 is 5.32 Å². The van der Waals surface area contributed by atoms with Crippen LogP contribution in [0.2, 0.25) is 0 Å². The fraction of sp³-hybridized carbons (Fsp3) is 0.214. The van der Waals surface area contributed by atoms with Crippen molar-refractivity contribution in [2.75, 3.05) is 5.32 Å². The average molecular weight is 480 g/mol. The monoisotopic (exact) mass is 479 g/mol. The number of hydrogen-bond acceptors (Lipinski definition) is 5. The number of thioether (sulfide) groups is 1. The van der Waals surface area contributed by atoms with E-state index in [0.29, 0.717) is 16.9 Å². The number of aromatic nitrogens is 3. The molecule has 2 heterocycles. The van der Waals surface area contributed by atoms with Crippen LogP contribution in [-0.4, -0.2) is 20.7 Å². The number of carbonyl (C=O) groups excluding carboxylic acids is 1. The van der Waals surface area contributed by atoms with Crippen molar-refractivity contribution in [1.29, 1.82) is 5.26 Å². The van der Waals surface area contributed by atoms with Crippen LogP contribution in [0.15, 0.2) is 77.7 Å². The predicted molar refractivity (Wildman–Crippen MR) is 138 cm³/mol. The first kappa shape index (κ1) is 22.9. The molecule has 1 aliphatic heterocycles. The Bertz CT molecular complexity index is 1390. The van der Waals surface area contributed by atoms with E-state index in [9.17, 15) is 4.79 Å². The molecule has 0 saturated carbocycles. The minimum absolute atomic E-state index is 0.148. The highest BCUT2D eigenvalue weighted by molar-refractivity contribution is 7.98. The molecular formula is C28H25N5OS. The molecule has 0 spiro atoms. The molecule has 35 heavy (non-hydrogen) atoms. The van der Waals surface area contributed by atoms with Gasteiger partial charge in [0.2, 0.25) is 0 Å². The van der Waals surface area contributed by atoms with Gasteiger partial charge in [0.05, 0.1) is 17.2 Å². The van der Waals surface area contributed by atoms with Gasteiger partial charge in [-0.2, -0.15) is 5.26 Å². The van der Waals surface area contributed by atoms with Crippen molar-refractivity contribution >= 4 is 23.4 Å². The lowest BCUT2D eigenvalue weighted by Crippen LogP contribution is -2.13. The third-order valence-corrected chi connectivity index (χ3v) is 7.24. The number of rotatable bonds is 6. The number of benzene rings is 3. The maximum absolute atomic E-state index is 13.2. The number of hydrogen-bond donors (Lipinski definition) is 1. The molecule has 0 bridgehead atoms. The van der Waals surface area contributed by atoms with Crippen molar-refractivity contribution in [3.8, 4) is 17.5 Å². The van der Waals surface area contributed by atoms with Gasteiger partial charge in [0.25, 0.3) is 5.91 Å². The van der Waals surface area contributed by atoms with E-state index in [1.54, 1.807) is 11.8 Å². The maximum Gasteiger partial charge on any atom is 0.256 e. The van der Waals surface area contributed by atoms with Gasteiger partial charge in [-0.3, -0.25) is 4.79 Å². The summed E-state index contributed by atoms with van der Waals surface area (Å²) in [6, 6.07) is 25.1. The largest absolute Gasteiger partial charge is 0.322 e. The lowest BCUT2D eigenvalue weighted by atomic mass is 10.1. The van der Waals surface area contributed by atoms with Crippen LogP contribution in [0.1, 0.15) is 46.6 Å². The van der Waals surface area contributed by atoms with E-state index in [0.717, 1.165) is 59.2 Å². The molecule has 6 nitrogen and oxygen atoms in total. The van der Waals surface area contributed by atoms with Crippen LogP contribution >= 0.6 is 11.8 Å². The minimum Gasteiger partial charge on any atom is -0.322 e. The molecule has 1 N–H and O–H groups in total. The summed E-state index contributed by atoms with van der Waals surface area (Å²) >= 11 is 1.61. The summed E-state index contributed by atoms with van der Waals surface area (Å²) in [5, 5.41) is 20.9. The summed E-state index contributed by atoms with van der Waals surface area (Å²) < 4.78 is 2.21. The smallest absolute Gasteiger partial charge is 0.256 e. The molecule has 0 aliphatic carbocycles. The molecule has 0 fully saturated rings. The van der Waals surface area contributed by atoms with E-state index in [-0.39, 0.29) is 5.91 Å². The third-order valence-electron chi connectivity index (χ3n) is 6.10. The molecule has 0 radical (unpaired) electrons. The number of anilines is 1. The van der Waals surface area contributed by atoms with E-state index in [4.69, 9.17) is 5.26 Å². The van der Waals surface area contributed by atoms with Crippen molar-refractivity contribution in [3.63, 3.8) is 0 Å². The van der Waals surface area contributed by atoms with Gasteiger partial charge in [-0.15, -0.1) is 22.0 Å². The summed E-state index contributed by atoms with van der Waals surface area (Å²) in [7, 11) is 0. The number of aryl methyl sites for hydroxylation is 1. The summed E-state index contributed by atoms with van der Waals surface area (Å²) in [5.74, 6) is 2.46. The Kier molecular flexibility index (Phi) is 6.92. The van der Waals surface area contributed by atoms with Gasteiger partial charge in [-0.05, 0) is 54.8 Å². The zero-order chi connectivity index (χ0) is 24.0. The topological polar surface area (TPSA) is 83.6 Å². The van der Waals surface area contributed by atoms with Crippen LogP contribution in [0.3, 0.4) is 0 Å². The number of fused-ring (bicyclic) bond motifs is 1. The normalized spacial score (nSPS) is 12.9. The second-order valence-electron chi connectivity index (χ2n) is 8.53. The summed E-state index contributed by atoms with van der Waals surface area (Å²) in [6.45, 7) is 0.929.